The molecule has 1 aromatic rings. The standard InChI is InChI=1S/C22H36N6O5/c1-21(2,3)17(19(31)27-13-15(29)10-16(27)18(30)24-4)28-12-14(25-26-28)11-22(33-20(23)32)8-6-5-7-9-22/h12,15-17,29H,5-11,13H2,1-4H3,(H2,23,32)(H,24,30)/t15-,16+,17-/m1/s1. The van der Waals surface area contributed by atoms with E-state index in [0.29, 0.717) is 25.0 Å². The smallest absolute Gasteiger partial charge is 0.405 e. The van der Waals surface area contributed by atoms with Crippen LogP contribution in [0.15, 0.2) is 6.20 Å². The number of aromatic nitrogens is 3. The van der Waals surface area contributed by atoms with Crippen LogP contribution < -0.4 is 11.1 Å². The summed E-state index contributed by atoms with van der Waals surface area (Å²) in [6.45, 7) is 5.83. The summed E-state index contributed by atoms with van der Waals surface area (Å²) in [7, 11) is 1.51. The van der Waals surface area contributed by atoms with Gasteiger partial charge in [0.15, 0.2) is 0 Å². The van der Waals surface area contributed by atoms with Crippen molar-refractivity contribution in [2.45, 2.75) is 89.5 Å². The molecule has 33 heavy (non-hydrogen) atoms. The summed E-state index contributed by atoms with van der Waals surface area (Å²) in [5.74, 6) is -0.612. The maximum Gasteiger partial charge on any atom is 0.405 e. The maximum atomic E-state index is 13.6. The van der Waals surface area contributed by atoms with E-state index < -0.39 is 35.3 Å². The molecule has 184 valence electrons. The van der Waals surface area contributed by atoms with Gasteiger partial charge in [-0.2, -0.15) is 0 Å². The van der Waals surface area contributed by atoms with Gasteiger partial charge in [-0.15, -0.1) is 5.10 Å². The van der Waals surface area contributed by atoms with Gasteiger partial charge < -0.3 is 25.8 Å². The normalized spacial score (nSPS) is 23.7. The van der Waals surface area contributed by atoms with Crippen LogP contribution in [0.25, 0.3) is 0 Å². The van der Waals surface area contributed by atoms with Gasteiger partial charge >= 0.3 is 6.09 Å². The molecule has 2 fully saturated rings. The molecule has 0 spiro atoms. The Kier molecular flexibility index (Phi) is 7.30. The highest BCUT2D eigenvalue weighted by Crippen LogP contribution is 2.36. The number of nitrogens with zero attached hydrogens (tertiary/aromatic N) is 4. The van der Waals surface area contributed by atoms with Gasteiger partial charge in [0.25, 0.3) is 0 Å². The van der Waals surface area contributed by atoms with Gasteiger partial charge in [0, 0.05) is 32.6 Å². The lowest BCUT2D eigenvalue weighted by molar-refractivity contribution is -0.144. The predicted molar refractivity (Wildman–Crippen MR) is 119 cm³/mol. The third-order valence-electron chi connectivity index (χ3n) is 6.57. The van der Waals surface area contributed by atoms with Gasteiger partial charge in [-0.3, -0.25) is 9.59 Å². The van der Waals surface area contributed by atoms with Crippen molar-refractivity contribution in [3.8, 4) is 0 Å². The topological polar surface area (TPSA) is 153 Å². The molecule has 3 atom stereocenters. The van der Waals surface area contributed by atoms with Gasteiger partial charge in [-0.1, -0.05) is 32.4 Å². The Morgan fingerprint density at radius 2 is 1.97 bits per heavy atom. The van der Waals surface area contributed by atoms with Crippen molar-refractivity contribution in [2.75, 3.05) is 13.6 Å². The highest BCUT2D eigenvalue weighted by molar-refractivity contribution is 5.90. The van der Waals surface area contributed by atoms with Crippen molar-refractivity contribution in [3.63, 3.8) is 0 Å². The Hall–Kier alpha value is -2.69. The monoisotopic (exact) mass is 464 g/mol. The lowest BCUT2D eigenvalue weighted by Crippen LogP contribution is -2.49. The average molecular weight is 465 g/mol. The molecule has 0 aromatic carbocycles. The summed E-state index contributed by atoms with van der Waals surface area (Å²) in [5.41, 5.74) is 4.68. The van der Waals surface area contributed by atoms with Crippen molar-refractivity contribution in [2.24, 2.45) is 11.1 Å². The molecule has 0 bridgehead atoms. The van der Waals surface area contributed by atoms with Crippen LogP contribution in [-0.4, -0.2) is 74.2 Å². The molecule has 1 aromatic heterocycles. The van der Waals surface area contributed by atoms with Crippen LogP contribution in [-0.2, 0) is 20.7 Å². The Bertz CT molecular complexity index is 873. The number of nitrogens with one attached hydrogen (secondary N) is 1. The van der Waals surface area contributed by atoms with Crippen LogP contribution in [0.2, 0.25) is 0 Å². The van der Waals surface area contributed by atoms with E-state index in [9.17, 15) is 19.5 Å². The second-order valence-electron chi connectivity index (χ2n) is 10.3. The Morgan fingerprint density at radius 1 is 1.30 bits per heavy atom. The van der Waals surface area contributed by atoms with Gasteiger partial charge in [0.2, 0.25) is 11.8 Å². The molecule has 1 aliphatic heterocycles. The quantitative estimate of drug-likeness (QED) is 0.566. The van der Waals surface area contributed by atoms with E-state index in [1.807, 2.05) is 20.8 Å². The minimum atomic E-state index is -0.806. The van der Waals surface area contributed by atoms with Crippen LogP contribution in [0.3, 0.4) is 0 Å². The van der Waals surface area contributed by atoms with Crippen molar-refractivity contribution in [3.05, 3.63) is 11.9 Å². The van der Waals surface area contributed by atoms with Crippen molar-refractivity contribution in [1.29, 1.82) is 0 Å². The number of aliphatic hydroxyl groups excluding tert-OH is 1. The SMILES string of the molecule is CNC(=O)[C@@H]1C[C@@H](O)CN1C(=O)[C@@H](n1cc(CC2(OC(N)=O)CCCCC2)nn1)C(C)(C)C. The third-order valence-corrected chi connectivity index (χ3v) is 6.57. The number of rotatable bonds is 6. The first-order valence-corrected chi connectivity index (χ1v) is 11.5. The lowest BCUT2D eigenvalue weighted by Gasteiger charge is -2.35. The van der Waals surface area contributed by atoms with Crippen LogP contribution >= 0.6 is 0 Å². The number of β-amino-alcohol motifs (C(OH)–C–C–N with tert-alkyl or cyclic N) is 1. The van der Waals surface area contributed by atoms with Crippen LogP contribution in [0.1, 0.15) is 71.0 Å². The molecule has 11 nitrogen and oxygen atoms in total. The van der Waals surface area contributed by atoms with Gasteiger partial charge in [-0.05, 0) is 31.1 Å². The molecular weight excluding hydrogens is 428 g/mol. The number of carbonyl (C=O) groups is 3. The molecule has 0 radical (unpaired) electrons. The van der Waals surface area contributed by atoms with E-state index in [4.69, 9.17) is 10.5 Å². The number of likely N-dealkylation sites (N-methyl/N-ethyl adjacent to an activating group) is 1. The number of likely N-dealkylation sites (tertiary alicyclic amines) is 1. The summed E-state index contributed by atoms with van der Waals surface area (Å²) in [5, 5.41) is 21.2. The molecule has 1 saturated heterocycles. The first kappa shape index (κ1) is 24.9. The molecule has 4 N–H and O–H groups in total. The van der Waals surface area contributed by atoms with E-state index in [1.165, 1.54) is 16.6 Å². The van der Waals surface area contributed by atoms with E-state index >= 15 is 0 Å². The van der Waals surface area contributed by atoms with Crippen LogP contribution in [0, 0.1) is 5.41 Å². The number of nitrogens with two attached hydrogens (primary N) is 1. The number of amides is 3. The fourth-order valence-corrected chi connectivity index (χ4v) is 5.09. The average Bonchev–Trinajstić information content (AvgIpc) is 3.32. The van der Waals surface area contributed by atoms with Gasteiger partial charge in [0.05, 0.1) is 11.8 Å². The first-order chi connectivity index (χ1) is 15.5. The van der Waals surface area contributed by atoms with E-state index in [1.54, 1.807) is 6.20 Å². The largest absolute Gasteiger partial charge is 0.443 e. The fraction of sp³-hybridized carbons (Fsp3) is 0.773. The summed E-state index contributed by atoms with van der Waals surface area (Å²) in [6, 6.07) is -1.48. The number of hydrogen-bond donors (Lipinski definition) is 3. The minimum Gasteiger partial charge on any atom is -0.443 e. The predicted octanol–water partition coefficient (Wildman–Crippen LogP) is 0.914. The summed E-state index contributed by atoms with van der Waals surface area (Å²) in [6.07, 6.45) is 5.03. The summed E-state index contributed by atoms with van der Waals surface area (Å²) in [4.78, 5) is 38.9. The molecule has 3 rings (SSSR count). The fourth-order valence-electron chi connectivity index (χ4n) is 5.09. The molecule has 1 aliphatic carbocycles. The summed E-state index contributed by atoms with van der Waals surface area (Å²) >= 11 is 0. The van der Waals surface area contributed by atoms with Crippen molar-refractivity contribution >= 4 is 17.9 Å². The zero-order valence-corrected chi connectivity index (χ0v) is 19.9. The molecule has 0 unspecified atom stereocenters. The highest BCUT2D eigenvalue weighted by Gasteiger charge is 2.45. The Labute approximate surface area is 194 Å². The number of hydrogen-bond acceptors (Lipinski definition) is 7. The molecule has 1 saturated carbocycles. The zero-order chi connectivity index (χ0) is 24.4. The second kappa shape index (κ2) is 9.66. The Balaban J connectivity index is 1.87. The zero-order valence-electron chi connectivity index (χ0n) is 19.9. The van der Waals surface area contributed by atoms with Crippen molar-refractivity contribution < 1.29 is 24.2 Å². The number of carbonyl (C=O) groups excluding carboxylic acids is 3. The lowest BCUT2D eigenvalue weighted by atomic mass is 9.81. The molecule has 2 aliphatic rings. The molecule has 2 heterocycles. The maximum absolute atomic E-state index is 13.6. The van der Waals surface area contributed by atoms with E-state index in [0.717, 1.165) is 19.3 Å². The molecule has 3 amide bonds. The minimum absolute atomic E-state index is 0.0839. The second-order valence-corrected chi connectivity index (χ2v) is 10.3. The van der Waals surface area contributed by atoms with E-state index in [2.05, 4.69) is 15.6 Å². The van der Waals surface area contributed by atoms with Gasteiger partial charge in [0.1, 0.15) is 17.7 Å². The highest BCUT2D eigenvalue weighted by atomic mass is 16.6. The summed E-state index contributed by atoms with van der Waals surface area (Å²) < 4.78 is 7.05. The molecular formula is C22H36N6O5. The number of primary amides is 1. The molecule has 11 heteroatoms. The van der Waals surface area contributed by atoms with Crippen LogP contribution in [0.5, 0.6) is 0 Å². The van der Waals surface area contributed by atoms with Gasteiger partial charge in [-0.25, -0.2) is 9.48 Å². The third kappa shape index (κ3) is 5.63. The van der Waals surface area contributed by atoms with Crippen molar-refractivity contribution in [1.82, 2.24) is 25.2 Å². The first-order valence-electron chi connectivity index (χ1n) is 11.5. The van der Waals surface area contributed by atoms with Crippen LogP contribution in [0.4, 0.5) is 4.79 Å². The Morgan fingerprint density at radius 3 is 2.55 bits per heavy atom. The number of ether oxygens (including phenoxy) is 1. The number of aliphatic hydroxyl groups is 1. The van der Waals surface area contributed by atoms with E-state index in [-0.39, 0.29) is 24.8 Å².